The average Bonchev–Trinajstić information content (AvgIpc) is 2.93. The molecule has 0 amide bonds. The Hall–Kier alpha value is -1.68. The Morgan fingerprint density at radius 3 is 3.00 bits per heavy atom. The maximum atomic E-state index is 6.68. The molecule has 2 aromatic rings. The second-order valence-corrected chi connectivity index (χ2v) is 5.76. The lowest BCUT2D eigenvalue weighted by Crippen LogP contribution is -2.42. The lowest BCUT2D eigenvalue weighted by atomic mass is 9.72. The van der Waals surface area contributed by atoms with Gasteiger partial charge in [-0.2, -0.15) is 4.98 Å². The topological polar surface area (TPSA) is 64.9 Å². The summed E-state index contributed by atoms with van der Waals surface area (Å²) >= 11 is 0. The van der Waals surface area contributed by atoms with E-state index in [0.29, 0.717) is 17.6 Å². The van der Waals surface area contributed by atoms with Crippen LogP contribution in [0.4, 0.5) is 0 Å². The van der Waals surface area contributed by atoms with Crippen LogP contribution in [0.3, 0.4) is 0 Å². The quantitative estimate of drug-likeness (QED) is 0.931. The number of hydrogen-bond acceptors (Lipinski definition) is 4. The van der Waals surface area contributed by atoms with E-state index in [1.807, 2.05) is 6.07 Å². The largest absolute Gasteiger partial charge is 0.339 e. The molecule has 20 heavy (non-hydrogen) atoms. The highest BCUT2D eigenvalue weighted by atomic mass is 16.5. The molecular formula is C16H21N3O. The van der Waals surface area contributed by atoms with Crippen LogP contribution < -0.4 is 5.73 Å². The summed E-state index contributed by atoms with van der Waals surface area (Å²) in [7, 11) is 0. The van der Waals surface area contributed by atoms with Crippen LogP contribution in [0, 0.1) is 0 Å². The maximum Gasteiger partial charge on any atom is 0.226 e. The summed E-state index contributed by atoms with van der Waals surface area (Å²) in [6.45, 7) is 4.34. The van der Waals surface area contributed by atoms with Crippen LogP contribution in [0.5, 0.6) is 0 Å². The molecule has 2 N–H and O–H groups in total. The Morgan fingerprint density at radius 1 is 1.40 bits per heavy atom. The van der Waals surface area contributed by atoms with Crippen LogP contribution in [-0.4, -0.2) is 10.1 Å². The van der Waals surface area contributed by atoms with E-state index in [9.17, 15) is 0 Å². The van der Waals surface area contributed by atoms with E-state index in [4.69, 9.17) is 10.3 Å². The molecule has 4 heteroatoms. The molecule has 1 aromatic carbocycles. The van der Waals surface area contributed by atoms with Crippen molar-refractivity contribution < 1.29 is 4.52 Å². The first-order valence-electron chi connectivity index (χ1n) is 7.36. The molecule has 1 aromatic heterocycles. The molecule has 0 aliphatic heterocycles. The third kappa shape index (κ3) is 2.04. The molecule has 4 nitrogen and oxygen atoms in total. The highest BCUT2D eigenvalue weighted by molar-refractivity contribution is 5.42. The monoisotopic (exact) mass is 271 g/mol. The van der Waals surface area contributed by atoms with Crippen molar-refractivity contribution in [2.75, 3.05) is 0 Å². The molecule has 0 fully saturated rings. The van der Waals surface area contributed by atoms with Gasteiger partial charge in [-0.05, 0) is 36.3 Å². The molecule has 3 rings (SSSR count). The van der Waals surface area contributed by atoms with E-state index >= 15 is 0 Å². The number of rotatable bonds is 3. The smallest absolute Gasteiger partial charge is 0.226 e. The van der Waals surface area contributed by atoms with E-state index in [1.165, 1.54) is 5.56 Å². The summed E-state index contributed by atoms with van der Waals surface area (Å²) in [5.41, 5.74) is 8.52. The number of fused-ring (bicyclic) bond motifs is 1. The highest BCUT2D eigenvalue weighted by Gasteiger charge is 2.40. The van der Waals surface area contributed by atoms with E-state index in [0.717, 1.165) is 31.2 Å². The third-order valence-corrected chi connectivity index (χ3v) is 4.27. The van der Waals surface area contributed by atoms with Gasteiger partial charge in [0.2, 0.25) is 5.89 Å². The lowest BCUT2D eigenvalue weighted by Gasteiger charge is -2.36. The maximum absolute atomic E-state index is 6.68. The van der Waals surface area contributed by atoms with Crippen LogP contribution in [0.1, 0.15) is 61.9 Å². The zero-order valence-electron chi connectivity index (χ0n) is 12.1. The molecule has 0 bridgehead atoms. The SMILES string of the molecule is CCCc1nc(C2(N)CCC(C)c3ccccc32)no1. The summed E-state index contributed by atoms with van der Waals surface area (Å²) in [4.78, 5) is 4.52. The summed E-state index contributed by atoms with van der Waals surface area (Å²) in [5.74, 6) is 1.84. The van der Waals surface area contributed by atoms with Crippen LogP contribution in [0.2, 0.25) is 0 Å². The van der Waals surface area contributed by atoms with Gasteiger partial charge in [-0.3, -0.25) is 0 Å². The van der Waals surface area contributed by atoms with Gasteiger partial charge in [-0.25, -0.2) is 0 Å². The number of aryl methyl sites for hydroxylation is 1. The van der Waals surface area contributed by atoms with Gasteiger partial charge in [0.15, 0.2) is 5.82 Å². The second kappa shape index (κ2) is 5.02. The molecule has 0 saturated heterocycles. The molecule has 0 saturated carbocycles. The van der Waals surface area contributed by atoms with Gasteiger partial charge >= 0.3 is 0 Å². The minimum atomic E-state index is -0.613. The van der Waals surface area contributed by atoms with Crippen LogP contribution >= 0.6 is 0 Å². The number of nitrogens with two attached hydrogens (primary N) is 1. The van der Waals surface area contributed by atoms with E-state index < -0.39 is 5.54 Å². The minimum Gasteiger partial charge on any atom is -0.339 e. The molecule has 2 unspecified atom stereocenters. The molecule has 2 atom stereocenters. The van der Waals surface area contributed by atoms with Crippen LogP contribution in [-0.2, 0) is 12.0 Å². The Balaban J connectivity index is 2.05. The first kappa shape index (κ1) is 13.3. The van der Waals surface area contributed by atoms with Gasteiger partial charge in [-0.1, -0.05) is 43.3 Å². The molecule has 1 heterocycles. The molecule has 1 aliphatic rings. The lowest BCUT2D eigenvalue weighted by molar-refractivity contribution is 0.342. The Kier molecular flexibility index (Phi) is 3.34. The second-order valence-electron chi connectivity index (χ2n) is 5.76. The number of benzene rings is 1. The summed E-state index contributed by atoms with van der Waals surface area (Å²) in [5, 5.41) is 4.14. The van der Waals surface area contributed by atoms with E-state index in [2.05, 4.69) is 42.2 Å². The molecule has 106 valence electrons. The Labute approximate surface area is 119 Å². The zero-order chi connectivity index (χ0) is 14.2. The minimum absolute atomic E-state index is 0.532. The van der Waals surface area contributed by atoms with E-state index in [-0.39, 0.29) is 0 Å². The van der Waals surface area contributed by atoms with E-state index in [1.54, 1.807) is 0 Å². The van der Waals surface area contributed by atoms with Crippen molar-refractivity contribution in [1.29, 1.82) is 0 Å². The molecular weight excluding hydrogens is 250 g/mol. The first-order valence-corrected chi connectivity index (χ1v) is 7.36. The van der Waals surface area contributed by atoms with Crippen molar-refractivity contribution in [1.82, 2.24) is 10.1 Å². The van der Waals surface area contributed by atoms with Crippen molar-refractivity contribution in [2.45, 2.75) is 51.0 Å². The van der Waals surface area contributed by atoms with Gasteiger partial charge in [-0.15, -0.1) is 0 Å². The fourth-order valence-electron chi connectivity index (χ4n) is 3.05. The first-order chi connectivity index (χ1) is 9.65. The fourth-order valence-corrected chi connectivity index (χ4v) is 3.05. The summed E-state index contributed by atoms with van der Waals surface area (Å²) < 4.78 is 5.32. The third-order valence-electron chi connectivity index (χ3n) is 4.27. The van der Waals surface area contributed by atoms with Crippen molar-refractivity contribution in [3.8, 4) is 0 Å². The number of aromatic nitrogens is 2. The van der Waals surface area contributed by atoms with Crippen molar-refractivity contribution >= 4 is 0 Å². The highest BCUT2D eigenvalue weighted by Crippen LogP contribution is 2.42. The van der Waals surface area contributed by atoms with Gasteiger partial charge in [0.1, 0.15) is 5.54 Å². The van der Waals surface area contributed by atoms with Gasteiger partial charge < -0.3 is 10.3 Å². The predicted molar refractivity (Wildman–Crippen MR) is 77.4 cm³/mol. The van der Waals surface area contributed by atoms with Crippen LogP contribution in [0.15, 0.2) is 28.8 Å². The number of hydrogen-bond donors (Lipinski definition) is 1. The van der Waals surface area contributed by atoms with Crippen LogP contribution in [0.25, 0.3) is 0 Å². The summed E-state index contributed by atoms with van der Waals surface area (Å²) in [6.07, 6.45) is 3.70. The van der Waals surface area contributed by atoms with Crippen molar-refractivity contribution in [3.63, 3.8) is 0 Å². The predicted octanol–water partition coefficient (Wildman–Crippen LogP) is 3.12. The van der Waals surface area contributed by atoms with Gasteiger partial charge in [0.05, 0.1) is 0 Å². The molecule has 0 spiro atoms. The standard InChI is InChI=1S/C16H21N3O/c1-3-6-14-18-15(19-20-14)16(17)10-9-11(2)12-7-4-5-8-13(12)16/h4-5,7-8,11H,3,6,9-10,17H2,1-2H3. The zero-order valence-corrected chi connectivity index (χ0v) is 12.1. The van der Waals surface area contributed by atoms with Gasteiger partial charge in [0.25, 0.3) is 0 Å². The Morgan fingerprint density at radius 2 is 2.20 bits per heavy atom. The fraction of sp³-hybridized carbons (Fsp3) is 0.500. The normalized spacial score (nSPS) is 25.4. The van der Waals surface area contributed by atoms with Crippen molar-refractivity contribution in [3.05, 3.63) is 47.1 Å². The number of nitrogens with zero attached hydrogens (tertiary/aromatic N) is 2. The molecule has 0 radical (unpaired) electrons. The Bertz CT molecular complexity index is 607. The summed E-state index contributed by atoms with van der Waals surface area (Å²) in [6, 6.07) is 8.36. The average molecular weight is 271 g/mol. The van der Waals surface area contributed by atoms with Gasteiger partial charge in [0, 0.05) is 6.42 Å². The van der Waals surface area contributed by atoms with Crippen molar-refractivity contribution in [2.24, 2.45) is 5.73 Å². The molecule has 1 aliphatic carbocycles.